The summed E-state index contributed by atoms with van der Waals surface area (Å²) in [6.07, 6.45) is 0. The molecular formula is C30H30Cl2SiZr-4. The van der Waals surface area contributed by atoms with Crippen LogP contribution in [0.15, 0.2) is 97.1 Å². The number of hydrogen-bond donors (Lipinski definition) is 0. The van der Waals surface area contributed by atoms with E-state index in [1.807, 2.05) is 0 Å². The number of hydrogen-bond acceptors (Lipinski definition) is 0. The Morgan fingerprint density at radius 2 is 0.853 bits per heavy atom. The quantitative estimate of drug-likeness (QED) is 0.124. The summed E-state index contributed by atoms with van der Waals surface area (Å²) in [5.41, 5.74) is 2.69. The van der Waals surface area contributed by atoms with Gasteiger partial charge in [-0.05, 0) is 0 Å². The predicted molar refractivity (Wildman–Crippen MR) is 157 cm³/mol. The van der Waals surface area contributed by atoms with Crippen LogP contribution in [0, 0.1) is 28.7 Å². The molecule has 0 saturated heterocycles. The van der Waals surface area contributed by atoms with E-state index < -0.39 is 0 Å². The van der Waals surface area contributed by atoms with Crippen LogP contribution in [0.25, 0.3) is 43.1 Å². The van der Waals surface area contributed by atoms with Gasteiger partial charge in [0.15, 0.2) is 0 Å². The molecule has 0 aliphatic heterocycles. The number of benzene rings is 4. The number of aryl methyl sites for hydroxylation is 2. The molecule has 0 aliphatic rings. The van der Waals surface area contributed by atoms with Gasteiger partial charge in [0.1, 0.15) is 0 Å². The molecule has 6 aromatic carbocycles. The summed E-state index contributed by atoms with van der Waals surface area (Å²) in [6, 6.07) is 34.9. The molecule has 0 heterocycles. The van der Waals surface area contributed by atoms with Crippen LogP contribution in [0.2, 0.25) is 0 Å². The van der Waals surface area contributed by atoms with Crippen molar-refractivity contribution in [3.05, 3.63) is 123 Å². The summed E-state index contributed by atoms with van der Waals surface area (Å²) in [5, 5.41) is 10.8. The zero-order chi connectivity index (χ0) is 21.1. The first-order chi connectivity index (χ1) is 14.7. The van der Waals surface area contributed by atoms with Crippen LogP contribution in [-0.4, -0.2) is 6.88 Å². The van der Waals surface area contributed by atoms with Gasteiger partial charge in [0.05, 0.1) is 0 Å². The second-order valence-corrected chi connectivity index (χ2v) is 7.64. The normalized spacial score (nSPS) is 9.32. The van der Waals surface area contributed by atoms with Crippen molar-refractivity contribution in [2.24, 2.45) is 0 Å². The Kier molecular flexibility index (Phi) is 13.9. The molecular weight excluding hydrogens is 551 g/mol. The fraction of sp³-hybridized carbons (Fsp3) is 0.0667. The first-order valence-corrected chi connectivity index (χ1v) is 14.2. The van der Waals surface area contributed by atoms with Gasteiger partial charge < -0.3 is 14.9 Å². The second kappa shape index (κ2) is 14.6. The molecule has 0 nitrogen and oxygen atoms in total. The third kappa shape index (κ3) is 6.70. The molecule has 0 amide bonds. The Labute approximate surface area is 233 Å². The molecule has 34 heavy (non-hydrogen) atoms. The van der Waals surface area contributed by atoms with E-state index in [1.165, 1.54) is 77.6 Å². The SMILES string of the molecule is Cc1cc2ccc3ccccc3c2[cH-]1.Cc1cc2ccc3ccccc3c2[cH-]1.Cl.Cl.[CH3-].[CH3-].[Si]=[Zr]. The molecule has 0 N–H and O–H groups in total. The van der Waals surface area contributed by atoms with E-state index in [0.717, 1.165) is 0 Å². The standard InChI is InChI=1S/2C14H11.2CH3.2ClH.Si.Zr/c2*1-10-8-12-7-6-11-4-2-3-5-13(11)14(12)9-10;;;;;;/h2*2-9H,1H3;2*1H3;2*1H;;/q4*-1;;;;. The summed E-state index contributed by atoms with van der Waals surface area (Å²) in [7, 11) is 0. The fourth-order valence-corrected chi connectivity index (χ4v) is 4.23. The van der Waals surface area contributed by atoms with Crippen LogP contribution in [0.3, 0.4) is 0 Å². The van der Waals surface area contributed by atoms with Crippen molar-refractivity contribution in [3.8, 4) is 0 Å². The maximum absolute atomic E-state index is 3.06. The summed E-state index contributed by atoms with van der Waals surface area (Å²) >= 11 is 1.36. The van der Waals surface area contributed by atoms with Crippen LogP contribution >= 0.6 is 24.8 Å². The summed E-state index contributed by atoms with van der Waals surface area (Å²) < 4.78 is 0. The minimum atomic E-state index is 0. The molecule has 0 unspecified atom stereocenters. The molecule has 2 radical (unpaired) electrons. The van der Waals surface area contributed by atoms with Crippen molar-refractivity contribution in [3.63, 3.8) is 0 Å². The molecule has 4 heteroatoms. The van der Waals surface area contributed by atoms with Crippen molar-refractivity contribution in [2.75, 3.05) is 0 Å². The van der Waals surface area contributed by atoms with Gasteiger partial charge in [0, 0.05) is 0 Å². The van der Waals surface area contributed by atoms with E-state index in [-0.39, 0.29) is 39.7 Å². The summed E-state index contributed by atoms with van der Waals surface area (Å²) in [6.45, 7) is 7.36. The van der Waals surface area contributed by atoms with Crippen molar-refractivity contribution >= 4 is 74.8 Å². The molecule has 0 fully saturated rings. The van der Waals surface area contributed by atoms with Gasteiger partial charge in [-0.3, -0.25) is 0 Å². The van der Waals surface area contributed by atoms with Crippen molar-refractivity contribution in [1.82, 2.24) is 0 Å². The molecule has 0 aromatic heterocycles. The van der Waals surface area contributed by atoms with Crippen molar-refractivity contribution in [1.29, 1.82) is 0 Å². The Morgan fingerprint density at radius 3 is 1.24 bits per heavy atom. The predicted octanol–water partition coefficient (Wildman–Crippen LogP) is 9.40. The fourth-order valence-electron chi connectivity index (χ4n) is 4.23. The monoisotopic (exact) mass is 578 g/mol. The van der Waals surface area contributed by atoms with Crippen LogP contribution in [0.1, 0.15) is 11.1 Å². The third-order valence-electron chi connectivity index (χ3n) is 5.52. The summed E-state index contributed by atoms with van der Waals surface area (Å²) in [5.74, 6) is 0. The van der Waals surface area contributed by atoms with Gasteiger partial charge in [-0.1, -0.05) is 96.1 Å². The van der Waals surface area contributed by atoms with Gasteiger partial charge >= 0.3 is 30.2 Å². The molecule has 6 aromatic rings. The molecule has 0 atom stereocenters. The van der Waals surface area contributed by atoms with Crippen molar-refractivity contribution < 1.29 is 23.3 Å². The van der Waals surface area contributed by atoms with Crippen molar-refractivity contribution in [2.45, 2.75) is 13.8 Å². The third-order valence-corrected chi connectivity index (χ3v) is 5.52. The molecule has 6 rings (SSSR count). The minimum absolute atomic E-state index is 0. The van der Waals surface area contributed by atoms with Gasteiger partial charge in [-0.2, -0.15) is 12.1 Å². The Hall–Kier alpha value is -1.70. The summed E-state index contributed by atoms with van der Waals surface area (Å²) in [4.78, 5) is 0. The Bertz CT molecular complexity index is 1350. The van der Waals surface area contributed by atoms with E-state index in [2.05, 4.69) is 118 Å². The second-order valence-electron chi connectivity index (χ2n) is 7.64. The zero-order valence-corrected chi connectivity index (χ0v) is 25.1. The van der Waals surface area contributed by atoms with Crippen LogP contribution in [0.5, 0.6) is 0 Å². The van der Waals surface area contributed by atoms with Crippen LogP contribution in [-0.2, 0) is 23.3 Å². The van der Waals surface area contributed by atoms with E-state index in [0.29, 0.717) is 0 Å². The zero-order valence-electron chi connectivity index (χ0n) is 20.1. The average molecular weight is 581 g/mol. The Morgan fingerprint density at radius 1 is 0.529 bits per heavy atom. The average Bonchev–Trinajstić information content (AvgIpc) is 3.37. The van der Waals surface area contributed by atoms with E-state index in [4.69, 9.17) is 0 Å². The first-order valence-electron chi connectivity index (χ1n) is 10.0. The molecule has 0 bridgehead atoms. The first kappa shape index (κ1) is 32.3. The van der Waals surface area contributed by atoms with Gasteiger partial charge in [0.25, 0.3) is 0 Å². The molecule has 0 saturated carbocycles. The van der Waals surface area contributed by atoms with Gasteiger partial charge in [0.2, 0.25) is 0 Å². The number of fused-ring (bicyclic) bond motifs is 6. The van der Waals surface area contributed by atoms with E-state index in [9.17, 15) is 0 Å². The molecule has 176 valence electrons. The van der Waals surface area contributed by atoms with Gasteiger partial charge in [-0.15, -0.1) is 81.8 Å². The van der Waals surface area contributed by atoms with E-state index >= 15 is 0 Å². The van der Waals surface area contributed by atoms with Crippen LogP contribution < -0.4 is 0 Å². The van der Waals surface area contributed by atoms with Crippen LogP contribution in [0.4, 0.5) is 0 Å². The maximum atomic E-state index is 3.06. The molecule has 0 aliphatic carbocycles. The molecule has 0 spiro atoms. The topological polar surface area (TPSA) is 0 Å². The Balaban J connectivity index is 0.000000538. The number of rotatable bonds is 0. The van der Waals surface area contributed by atoms with Gasteiger partial charge in [-0.25, -0.2) is 0 Å². The van der Waals surface area contributed by atoms with E-state index in [1.54, 1.807) is 0 Å². The number of halogens is 2.